The SMILES string of the molecule is CN(C)[C@@H](CNC(=O)C[C@@H]1Sc2ccccc2NC1=O)Cc1ccccc1. The summed E-state index contributed by atoms with van der Waals surface area (Å²) in [5.41, 5.74) is 2.06. The van der Waals surface area contributed by atoms with Crippen molar-refractivity contribution in [3.05, 3.63) is 60.2 Å². The molecule has 27 heavy (non-hydrogen) atoms. The molecule has 6 heteroatoms. The lowest BCUT2D eigenvalue weighted by molar-refractivity contribution is -0.124. The Bertz CT molecular complexity index is 795. The van der Waals surface area contributed by atoms with Gasteiger partial charge in [-0.05, 0) is 38.2 Å². The van der Waals surface area contributed by atoms with Crippen molar-refractivity contribution >= 4 is 29.3 Å². The number of nitrogens with one attached hydrogen (secondary N) is 2. The first kappa shape index (κ1) is 19.5. The highest BCUT2D eigenvalue weighted by molar-refractivity contribution is 8.01. The first-order valence-corrected chi connectivity index (χ1v) is 9.94. The number of fused-ring (bicyclic) bond motifs is 1. The molecule has 0 saturated carbocycles. The molecule has 2 atom stereocenters. The molecule has 2 aromatic rings. The van der Waals surface area contributed by atoms with E-state index < -0.39 is 5.25 Å². The van der Waals surface area contributed by atoms with Gasteiger partial charge in [-0.25, -0.2) is 0 Å². The van der Waals surface area contributed by atoms with Gasteiger partial charge in [0.15, 0.2) is 0 Å². The van der Waals surface area contributed by atoms with Crippen LogP contribution in [0.25, 0.3) is 0 Å². The van der Waals surface area contributed by atoms with Crippen LogP contribution in [0.3, 0.4) is 0 Å². The number of thioether (sulfide) groups is 1. The minimum absolute atomic E-state index is 0.0954. The van der Waals surface area contributed by atoms with E-state index in [1.165, 1.54) is 17.3 Å². The second-order valence-corrected chi connectivity index (χ2v) is 8.15. The van der Waals surface area contributed by atoms with E-state index in [1.807, 2.05) is 56.6 Å². The third-order valence-electron chi connectivity index (χ3n) is 4.66. The van der Waals surface area contributed by atoms with E-state index >= 15 is 0 Å². The number of amides is 2. The van der Waals surface area contributed by atoms with Crippen LogP contribution in [0, 0.1) is 0 Å². The maximum absolute atomic E-state index is 12.4. The molecule has 142 valence electrons. The van der Waals surface area contributed by atoms with Crippen LogP contribution < -0.4 is 10.6 Å². The summed E-state index contributed by atoms with van der Waals surface area (Å²) in [4.78, 5) is 27.8. The van der Waals surface area contributed by atoms with Crippen LogP contribution in [0.2, 0.25) is 0 Å². The Morgan fingerprint density at radius 3 is 2.59 bits per heavy atom. The van der Waals surface area contributed by atoms with Gasteiger partial charge < -0.3 is 15.5 Å². The zero-order chi connectivity index (χ0) is 19.2. The van der Waals surface area contributed by atoms with Crippen molar-refractivity contribution in [3.63, 3.8) is 0 Å². The molecule has 0 bridgehead atoms. The molecule has 0 fully saturated rings. The predicted octanol–water partition coefficient (Wildman–Crippen LogP) is 2.78. The number of carbonyl (C=O) groups is 2. The number of para-hydroxylation sites is 1. The molecule has 1 heterocycles. The average Bonchev–Trinajstić information content (AvgIpc) is 2.66. The van der Waals surface area contributed by atoms with Gasteiger partial charge >= 0.3 is 0 Å². The molecular weight excluding hydrogens is 358 g/mol. The van der Waals surface area contributed by atoms with Crippen LogP contribution >= 0.6 is 11.8 Å². The molecule has 2 amide bonds. The van der Waals surface area contributed by atoms with Crippen LogP contribution in [-0.4, -0.2) is 48.6 Å². The summed E-state index contributed by atoms with van der Waals surface area (Å²) < 4.78 is 0. The fourth-order valence-corrected chi connectivity index (χ4v) is 4.13. The second kappa shape index (κ2) is 9.06. The van der Waals surface area contributed by atoms with Gasteiger partial charge in [0.25, 0.3) is 0 Å². The van der Waals surface area contributed by atoms with Crippen molar-refractivity contribution in [2.24, 2.45) is 0 Å². The molecule has 0 spiro atoms. The van der Waals surface area contributed by atoms with Crippen LogP contribution in [0.15, 0.2) is 59.5 Å². The summed E-state index contributed by atoms with van der Waals surface area (Å²) >= 11 is 1.45. The number of carbonyl (C=O) groups excluding carboxylic acids is 2. The van der Waals surface area contributed by atoms with Crippen LogP contribution in [0.5, 0.6) is 0 Å². The van der Waals surface area contributed by atoms with E-state index in [2.05, 4.69) is 27.7 Å². The Morgan fingerprint density at radius 1 is 1.15 bits per heavy atom. The molecule has 2 aromatic carbocycles. The summed E-state index contributed by atoms with van der Waals surface area (Å²) in [6, 6.07) is 18.1. The van der Waals surface area contributed by atoms with Crippen LogP contribution in [0.1, 0.15) is 12.0 Å². The number of benzene rings is 2. The third-order valence-corrected chi connectivity index (χ3v) is 5.93. The predicted molar refractivity (Wildman–Crippen MR) is 110 cm³/mol. The fraction of sp³-hybridized carbons (Fsp3) is 0.333. The summed E-state index contributed by atoms with van der Waals surface area (Å²) in [6.07, 6.45) is 1.04. The van der Waals surface area contributed by atoms with E-state index in [0.717, 1.165) is 17.0 Å². The molecule has 0 aromatic heterocycles. The zero-order valence-corrected chi connectivity index (χ0v) is 16.5. The largest absolute Gasteiger partial charge is 0.354 e. The monoisotopic (exact) mass is 383 g/mol. The molecule has 0 unspecified atom stereocenters. The van der Waals surface area contributed by atoms with Crippen LogP contribution in [0.4, 0.5) is 5.69 Å². The second-order valence-electron chi connectivity index (χ2n) is 6.91. The Morgan fingerprint density at radius 2 is 1.85 bits per heavy atom. The van der Waals surface area contributed by atoms with Gasteiger partial charge in [0.05, 0.1) is 10.9 Å². The minimum atomic E-state index is -0.396. The van der Waals surface area contributed by atoms with E-state index in [1.54, 1.807) is 0 Å². The van der Waals surface area contributed by atoms with Gasteiger partial charge in [-0.1, -0.05) is 42.5 Å². The lowest BCUT2D eigenvalue weighted by Crippen LogP contribution is -2.43. The van der Waals surface area contributed by atoms with Gasteiger partial charge in [0, 0.05) is 23.9 Å². The lowest BCUT2D eigenvalue weighted by Gasteiger charge is -2.26. The van der Waals surface area contributed by atoms with Crippen molar-refractivity contribution in [1.29, 1.82) is 0 Å². The molecule has 0 saturated heterocycles. The van der Waals surface area contributed by atoms with Crippen molar-refractivity contribution < 1.29 is 9.59 Å². The first-order valence-electron chi connectivity index (χ1n) is 9.06. The van der Waals surface area contributed by atoms with E-state index in [4.69, 9.17) is 0 Å². The van der Waals surface area contributed by atoms with Gasteiger partial charge in [0.1, 0.15) is 0 Å². The molecule has 5 nitrogen and oxygen atoms in total. The molecule has 0 aliphatic carbocycles. The Labute approximate surface area is 164 Å². The zero-order valence-electron chi connectivity index (χ0n) is 15.6. The molecule has 1 aliphatic heterocycles. The molecule has 0 radical (unpaired) electrons. The van der Waals surface area contributed by atoms with Crippen LogP contribution in [-0.2, 0) is 16.0 Å². The van der Waals surface area contributed by atoms with E-state index in [0.29, 0.717) is 6.54 Å². The minimum Gasteiger partial charge on any atom is -0.354 e. The Hall–Kier alpha value is -2.31. The lowest BCUT2D eigenvalue weighted by atomic mass is 10.1. The number of rotatable bonds is 7. The number of likely N-dealkylation sites (N-methyl/N-ethyl adjacent to an activating group) is 1. The number of nitrogens with zero attached hydrogens (tertiary/aromatic N) is 1. The van der Waals surface area contributed by atoms with Crippen molar-refractivity contribution in [2.75, 3.05) is 26.0 Å². The number of hydrogen-bond donors (Lipinski definition) is 2. The van der Waals surface area contributed by atoms with Gasteiger partial charge in [-0.15, -0.1) is 11.8 Å². The number of anilines is 1. The highest BCUT2D eigenvalue weighted by Crippen LogP contribution is 2.36. The summed E-state index contributed by atoms with van der Waals surface area (Å²) in [6.45, 7) is 0.552. The Kier molecular flexibility index (Phi) is 6.53. The van der Waals surface area contributed by atoms with Gasteiger partial charge in [-0.2, -0.15) is 0 Å². The number of hydrogen-bond acceptors (Lipinski definition) is 4. The van der Waals surface area contributed by atoms with Crippen molar-refractivity contribution in [3.8, 4) is 0 Å². The van der Waals surface area contributed by atoms with E-state index in [9.17, 15) is 9.59 Å². The van der Waals surface area contributed by atoms with Gasteiger partial charge in [0.2, 0.25) is 11.8 Å². The quantitative estimate of drug-likeness (QED) is 0.772. The molecular formula is C21H25N3O2S. The van der Waals surface area contributed by atoms with Crippen molar-refractivity contribution in [2.45, 2.75) is 29.0 Å². The highest BCUT2D eigenvalue weighted by atomic mass is 32.2. The molecule has 2 N–H and O–H groups in total. The van der Waals surface area contributed by atoms with E-state index in [-0.39, 0.29) is 24.3 Å². The topological polar surface area (TPSA) is 61.4 Å². The summed E-state index contributed by atoms with van der Waals surface area (Å²) in [7, 11) is 4.03. The fourth-order valence-electron chi connectivity index (χ4n) is 3.02. The average molecular weight is 384 g/mol. The van der Waals surface area contributed by atoms with Gasteiger partial charge in [-0.3, -0.25) is 9.59 Å². The first-order chi connectivity index (χ1) is 13.0. The standard InChI is InChI=1S/C21H25N3O2S/c1-24(2)16(12-15-8-4-3-5-9-15)14-22-20(25)13-19-21(26)23-17-10-6-7-11-18(17)27-19/h3-11,16,19H,12-14H2,1-2H3,(H,22,25)(H,23,26)/t16-,19+/m1/s1. The normalized spacial score (nSPS) is 17.1. The summed E-state index contributed by atoms with van der Waals surface area (Å²) in [5, 5.41) is 5.49. The highest BCUT2D eigenvalue weighted by Gasteiger charge is 2.29. The van der Waals surface area contributed by atoms with Crippen molar-refractivity contribution in [1.82, 2.24) is 10.2 Å². The maximum atomic E-state index is 12.4. The third kappa shape index (κ3) is 5.34. The Balaban J connectivity index is 1.53. The maximum Gasteiger partial charge on any atom is 0.238 e. The smallest absolute Gasteiger partial charge is 0.238 e. The molecule has 1 aliphatic rings. The summed E-state index contributed by atoms with van der Waals surface area (Å²) in [5.74, 6) is -0.204. The molecule has 3 rings (SSSR count).